The second-order valence-corrected chi connectivity index (χ2v) is 8.03. The maximum Gasteiger partial charge on any atom is 0.191 e. The summed E-state index contributed by atoms with van der Waals surface area (Å²) in [5.41, 5.74) is 2.46. The van der Waals surface area contributed by atoms with E-state index in [9.17, 15) is 0 Å². The molecule has 0 amide bonds. The van der Waals surface area contributed by atoms with Crippen molar-refractivity contribution in [2.75, 3.05) is 46.0 Å². The number of guanidine groups is 1. The van der Waals surface area contributed by atoms with Crippen molar-refractivity contribution in [2.45, 2.75) is 26.9 Å². The lowest BCUT2D eigenvalue weighted by molar-refractivity contribution is 0.0322. The van der Waals surface area contributed by atoms with Crippen LogP contribution in [0.5, 0.6) is 5.75 Å². The van der Waals surface area contributed by atoms with E-state index in [4.69, 9.17) is 14.5 Å². The van der Waals surface area contributed by atoms with Crippen LogP contribution < -0.4 is 15.4 Å². The lowest BCUT2D eigenvalue weighted by Crippen LogP contribution is -2.38. The number of halogens is 1. The molecule has 30 heavy (non-hydrogen) atoms. The smallest absolute Gasteiger partial charge is 0.191 e. The Labute approximate surface area is 201 Å². The molecule has 166 valence electrons. The van der Waals surface area contributed by atoms with Gasteiger partial charge >= 0.3 is 0 Å². The zero-order valence-corrected chi connectivity index (χ0v) is 21.0. The Kier molecular flexibility index (Phi) is 11.5. The fraction of sp³-hybridized carbons (Fsp3) is 0.500. The maximum atomic E-state index is 5.95. The number of ether oxygens (including phenoxy) is 2. The number of aryl methyl sites for hydroxylation is 1. The summed E-state index contributed by atoms with van der Waals surface area (Å²) in [7, 11) is 0. The molecule has 0 unspecified atom stereocenters. The Morgan fingerprint density at radius 3 is 2.80 bits per heavy atom. The molecular weight excluding hydrogens is 511 g/mol. The molecule has 0 aliphatic carbocycles. The third-order valence-corrected chi connectivity index (χ3v) is 5.85. The third kappa shape index (κ3) is 8.41. The predicted molar refractivity (Wildman–Crippen MR) is 135 cm³/mol. The van der Waals surface area contributed by atoms with Gasteiger partial charge in [-0.1, -0.05) is 12.1 Å². The molecule has 0 bridgehead atoms. The number of rotatable bonds is 9. The summed E-state index contributed by atoms with van der Waals surface area (Å²) in [5, 5.41) is 8.86. The van der Waals surface area contributed by atoms with Crippen LogP contribution in [0, 0.1) is 6.92 Å². The summed E-state index contributed by atoms with van der Waals surface area (Å²) >= 11 is 1.77. The summed E-state index contributed by atoms with van der Waals surface area (Å²) in [5.74, 6) is 1.73. The molecule has 1 aromatic carbocycles. The van der Waals surface area contributed by atoms with Gasteiger partial charge < -0.3 is 20.1 Å². The summed E-state index contributed by atoms with van der Waals surface area (Å²) in [6.45, 7) is 11.7. The molecule has 0 spiro atoms. The number of thiophene rings is 1. The first kappa shape index (κ1) is 24.9. The molecule has 1 aliphatic heterocycles. The number of aliphatic imine (C=N–C) groups is 1. The van der Waals surface area contributed by atoms with Crippen molar-refractivity contribution >= 4 is 41.3 Å². The van der Waals surface area contributed by atoms with Crippen LogP contribution in [0.2, 0.25) is 0 Å². The van der Waals surface area contributed by atoms with E-state index >= 15 is 0 Å². The fourth-order valence-electron chi connectivity index (χ4n) is 3.11. The van der Waals surface area contributed by atoms with Crippen LogP contribution in [-0.2, 0) is 17.8 Å². The molecular formula is C22H33IN4O2S. The highest BCUT2D eigenvalue weighted by Gasteiger charge is 2.09. The summed E-state index contributed by atoms with van der Waals surface area (Å²) in [6, 6.07) is 10.4. The van der Waals surface area contributed by atoms with Crippen LogP contribution in [0.25, 0.3) is 0 Å². The van der Waals surface area contributed by atoms with E-state index in [1.165, 1.54) is 10.4 Å². The lowest BCUT2D eigenvalue weighted by Gasteiger charge is -2.26. The monoisotopic (exact) mass is 544 g/mol. The zero-order chi connectivity index (χ0) is 20.3. The molecule has 1 saturated heterocycles. The van der Waals surface area contributed by atoms with Gasteiger partial charge in [-0.25, -0.2) is 4.99 Å². The van der Waals surface area contributed by atoms with Gasteiger partial charge in [0.2, 0.25) is 0 Å². The first-order valence-electron chi connectivity index (χ1n) is 10.3. The molecule has 2 N–H and O–H groups in total. The predicted octanol–water partition coefficient (Wildman–Crippen LogP) is 3.64. The van der Waals surface area contributed by atoms with Crippen LogP contribution in [0.4, 0.5) is 0 Å². The molecule has 6 nitrogen and oxygen atoms in total. The van der Waals surface area contributed by atoms with E-state index in [-0.39, 0.29) is 24.0 Å². The van der Waals surface area contributed by atoms with E-state index in [1.54, 1.807) is 11.3 Å². The maximum absolute atomic E-state index is 5.95. The van der Waals surface area contributed by atoms with Crippen molar-refractivity contribution in [3.8, 4) is 5.75 Å². The minimum atomic E-state index is 0. The van der Waals surface area contributed by atoms with Crippen LogP contribution >= 0.6 is 35.3 Å². The average molecular weight is 545 g/mol. The minimum absolute atomic E-state index is 0. The Hall–Kier alpha value is -1.36. The van der Waals surface area contributed by atoms with Crippen molar-refractivity contribution in [1.82, 2.24) is 15.5 Å². The van der Waals surface area contributed by atoms with Crippen molar-refractivity contribution in [1.29, 1.82) is 0 Å². The summed E-state index contributed by atoms with van der Waals surface area (Å²) in [6.07, 6.45) is 0. The summed E-state index contributed by atoms with van der Waals surface area (Å²) < 4.78 is 11.3. The Morgan fingerprint density at radius 1 is 1.23 bits per heavy atom. The van der Waals surface area contributed by atoms with E-state index < -0.39 is 0 Å². The van der Waals surface area contributed by atoms with E-state index in [0.29, 0.717) is 13.2 Å². The molecule has 0 radical (unpaired) electrons. The second kappa shape index (κ2) is 13.8. The Bertz CT molecular complexity index is 778. The molecule has 8 heteroatoms. The van der Waals surface area contributed by atoms with Gasteiger partial charge in [0.25, 0.3) is 0 Å². The van der Waals surface area contributed by atoms with Crippen LogP contribution in [-0.4, -0.2) is 56.9 Å². The molecule has 1 fully saturated rings. The molecule has 0 saturated carbocycles. The van der Waals surface area contributed by atoms with Crippen molar-refractivity contribution in [3.05, 3.63) is 51.7 Å². The highest BCUT2D eigenvalue weighted by Crippen LogP contribution is 2.16. The topological polar surface area (TPSA) is 58.1 Å². The highest BCUT2D eigenvalue weighted by molar-refractivity contribution is 14.0. The average Bonchev–Trinajstić information content (AvgIpc) is 3.16. The number of hydrogen-bond acceptors (Lipinski definition) is 5. The van der Waals surface area contributed by atoms with Gasteiger partial charge in [0.05, 0.1) is 26.3 Å². The normalized spacial score (nSPS) is 14.8. The first-order valence-corrected chi connectivity index (χ1v) is 11.2. The van der Waals surface area contributed by atoms with E-state index in [2.05, 4.69) is 53.0 Å². The van der Waals surface area contributed by atoms with Gasteiger partial charge in [-0.3, -0.25) is 4.90 Å². The largest absolute Gasteiger partial charge is 0.492 e. The number of benzene rings is 1. The lowest BCUT2D eigenvalue weighted by atomic mass is 10.2. The quantitative estimate of drug-likeness (QED) is 0.287. The van der Waals surface area contributed by atoms with Gasteiger partial charge in [-0.2, -0.15) is 0 Å². The highest BCUT2D eigenvalue weighted by atomic mass is 127. The molecule has 1 aromatic heterocycles. The Morgan fingerprint density at radius 2 is 2.07 bits per heavy atom. The van der Waals surface area contributed by atoms with Gasteiger partial charge in [0, 0.05) is 31.1 Å². The third-order valence-electron chi connectivity index (χ3n) is 4.83. The van der Waals surface area contributed by atoms with Crippen LogP contribution in [0.3, 0.4) is 0 Å². The van der Waals surface area contributed by atoms with Gasteiger partial charge in [-0.15, -0.1) is 35.3 Å². The molecule has 2 aromatic rings. The van der Waals surface area contributed by atoms with Gasteiger partial charge in [0.15, 0.2) is 5.96 Å². The number of nitrogens with one attached hydrogen (secondary N) is 2. The molecule has 2 heterocycles. The Balaban J connectivity index is 0.00000320. The summed E-state index contributed by atoms with van der Waals surface area (Å²) in [4.78, 5) is 8.44. The van der Waals surface area contributed by atoms with Crippen LogP contribution in [0.15, 0.2) is 40.7 Å². The van der Waals surface area contributed by atoms with Crippen molar-refractivity contribution in [2.24, 2.45) is 4.99 Å². The van der Waals surface area contributed by atoms with Crippen molar-refractivity contribution < 1.29 is 9.47 Å². The standard InChI is InChI=1S/C22H32N4O2S.HI/c1-3-23-22(25-17-21-18(2)7-14-29-21)24-16-19-5-4-6-20(15-19)28-13-10-26-8-11-27-12-9-26;/h4-7,14-15H,3,8-13,16-17H2,1-2H3,(H2,23,24,25);1H. The molecule has 0 atom stereocenters. The minimum Gasteiger partial charge on any atom is -0.492 e. The van der Waals surface area contributed by atoms with Gasteiger partial charge in [-0.05, 0) is 48.6 Å². The van der Waals surface area contributed by atoms with E-state index in [0.717, 1.165) is 63.2 Å². The first-order chi connectivity index (χ1) is 14.2. The second-order valence-electron chi connectivity index (χ2n) is 7.03. The number of nitrogens with zero attached hydrogens (tertiary/aromatic N) is 2. The fourth-order valence-corrected chi connectivity index (χ4v) is 3.96. The van der Waals surface area contributed by atoms with Gasteiger partial charge in [0.1, 0.15) is 12.4 Å². The molecule has 3 rings (SSSR count). The van der Waals surface area contributed by atoms with Crippen LogP contribution in [0.1, 0.15) is 22.9 Å². The molecule has 1 aliphatic rings. The van der Waals surface area contributed by atoms with Crippen molar-refractivity contribution in [3.63, 3.8) is 0 Å². The SMILES string of the molecule is CCNC(=NCc1cccc(OCCN2CCOCC2)c1)NCc1sccc1C.I. The number of hydrogen-bond donors (Lipinski definition) is 2. The number of morpholine rings is 1. The zero-order valence-electron chi connectivity index (χ0n) is 17.9. The van der Waals surface area contributed by atoms with E-state index in [1.807, 2.05) is 12.1 Å².